The normalized spacial score (nSPS) is 27.9. The summed E-state index contributed by atoms with van der Waals surface area (Å²) >= 11 is 0. The van der Waals surface area contributed by atoms with Crippen molar-refractivity contribution in [2.45, 2.75) is 19.4 Å². The number of hydrogen-bond acceptors (Lipinski definition) is 2. The first-order valence-corrected chi connectivity index (χ1v) is 4.94. The van der Waals surface area contributed by atoms with Gasteiger partial charge in [0.25, 0.3) is 0 Å². The summed E-state index contributed by atoms with van der Waals surface area (Å²) in [5, 5.41) is 17.6. The third-order valence-electron chi connectivity index (χ3n) is 3.73. The van der Waals surface area contributed by atoms with Crippen LogP contribution in [0.4, 0.5) is 9.59 Å². The fraction of sp³-hybridized carbons (Fsp3) is 0.778. The lowest BCUT2D eigenvalue weighted by Crippen LogP contribution is -2.62. The van der Waals surface area contributed by atoms with Gasteiger partial charge >= 0.3 is 12.2 Å². The molecule has 0 aliphatic carbocycles. The van der Waals surface area contributed by atoms with Crippen LogP contribution in [0.3, 0.4) is 0 Å². The van der Waals surface area contributed by atoms with Gasteiger partial charge in [-0.2, -0.15) is 0 Å². The van der Waals surface area contributed by atoms with Crippen LogP contribution in [0.5, 0.6) is 0 Å². The molecule has 1 atom stereocenters. The first-order valence-electron chi connectivity index (χ1n) is 4.94. The summed E-state index contributed by atoms with van der Waals surface area (Å²) in [4.78, 5) is 24.2. The van der Waals surface area contributed by atoms with E-state index in [9.17, 15) is 9.59 Å². The predicted octanol–water partition coefficient (Wildman–Crippen LogP) is 0.739. The molecule has 0 unspecified atom stereocenters. The Morgan fingerprint density at radius 3 is 2.27 bits per heavy atom. The van der Waals surface area contributed by atoms with Crippen molar-refractivity contribution in [2.24, 2.45) is 5.41 Å². The molecule has 6 heteroatoms. The highest BCUT2D eigenvalue weighted by atomic mass is 16.4. The van der Waals surface area contributed by atoms with Crippen LogP contribution in [0.2, 0.25) is 0 Å². The zero-order valence-electron chi connectivity index (χ0n) is 8.51. The fourth-order valence-corrected chi connectivity index (χ4v) is 2.61. The number of rotatable bonds is 0. The van der Waals surface area contributed by atoms with Gasteiger partial charge in [-0.25, -0.2) is 9.59 Å². The number of likely N-dealkylation sites (tertiary alicyclic amines) is 2. The van der Waals surface area contributed by atoms with Crippen molar-refractivity contribution in [1.29, 1.82) is 0 Å². The molecule has 2 saturated heterocycles. The highest BCUT2D eigenvalue weighted by Gasteiger charge is 2.55. The molecule has 2 N–H and O–H groups in total. The molecule has 2 aliphatic heterocycles. The SMILES string of the molecule is C[C@@H]1N(C(=O)O)CCC12CN(C(=O)O)C2. The Labute approximate surface area is 87.1 Å². The van der Waals surface area contributed by atoms with E-state index in [4.69, 9.17) is 10.2 Å². The number of nitrogens with zero attached hydrogens (tertiary/aromatic N) is 2. The molecule has 2 amide bonds. The van der Waals surface area contributed by atoms with Gasteiger partial charge in [-0.3, -0.25) is 0 Å². The Morgan fingerprint density at radius 1 is 1.27 bits per heavy atom. The molecule has 1 spiro atoms. The van der Waals surface area contributed by atoms with Crippen LogP contribution in [-0.4, -0.2) is 57.9 Å². The second-order valence-electron chi connectivity index (χ2n) is 4.40. The average Bonchev–Trinajstić information content (AvgIpc) is 2.39. The molecule has 15 heavy (non-hydrogen) atoms. The van der Waals surface area contributed by atoms with Gasteiger partial charge in [-0.1, -0.05) is 0 Å². The van der Waals surface area contributed by atoms with Crippen LogP contribution in [0.25, 0.3) is 0 Å². The molecule has 2 rings (SSSR count). The Kier molecular flexibility index (Phi) is 2.02. The predicted molar refractivity (Wildman–Crippen MR) is 50.8 cm³/mol. The number of carbonyl (C=O) groups is 2. The van der Waals surface area contributed by atoms with Crippen LogP contribution < -0.4 is 0 Å². The largest absolute Gasteiger partial charge is 0.465 e. The van der Waals surface area contributed by atoms with E-state index >= 15 is 0 Å². The zero-order valence-corrected chi connectivity index (χ0v) is 8.51. The molecular weight excluding hydrogens is 200 g/mol. The molecule has 84 valence electrons. The molecule has 0 aromatic carbocycles. The van der Waals surface area contributed by atoms with E-state index in [1.54, 1.807) is 0 Å². The Hall–Kier alpha value is -1.46. The summed E-state index contributed by atoms with van der Waals surface area (Å²) < 4.78 is 0. The van der Waals surface area contributed by atoms with Gasteiger partial charge in [0.05, 0.1) is 0 Å². The lowest BCUT2D eigenvalue weighted by molar-refractivity contribution is -0.00737. The molecule has 2 aliphatic rings. The molecule has 0 aromatic heterocycles. The third-order valence-corrected chi connectivity index (χ3v) is 3.73. The van der Waals surface area contributed by atoms with E-state index < -0.39 is 12.2 Å². The van der Waals surface area contributed by atoms with E-state index in [0.717, 1.165) is 6.42 Å². The summed E-state index contributed by atoms with van der Waals surface area (Å²) in [6.07, 6.45) is -1.06. The minimum Gasteiger partial charge on any atom is -0.465 e. The van der Waals surface area contributed by atoms with Crippen LogP contribution in [0.15, 0.2) is 0 Å². The molecule has 0 aromatic rings. The standard InChI is InChI=1S/C9H14N2O4/c1-6-9(2-3-11(6)8(14)15)4-10(5-9)7(12)13/h6H,2-5H2,1H3,(H,12,13)(H,14,15)/t6-/m0/s1. The van der Waals surface area contributed by atoms with Gasteiger partial charge in [-0.05, 0) is 13.3 Å². The van der Waals surface area contributed by atoms with Crippen molar-refractivity contribution in [3.63, 3.8) is 0 Å². The summed E-state index contributed by atoms with van der Waals surface area (Å²) in [6.45, 7) is 3.31. The first-order chi connectivity index (χ1) is 6.96. The summed E-state index contributed by atoms with van der Waals surface area (Å²) in [7, 11) is 0. The summed E-state index contributed by atoms with van der Waals surface area (Å²) in [6, 6.07) is -0.0781. The first kappa shape index (κ1) is 10.1. The van der Waals surface area contributed by atoms with Crippen molar-refractivity contribution in [2.75, 3.05) is 19.6 Å². The minimum atomic E-state index is -0.915. The Bertz CT molecular complexity index is 311. The van der Waals surface area contributed by atoms with Crippen molar-refractivity contribution < 1.29 is 19.8 Å². The lowest BCUT2D eigenvalue weighted by Gasteiger charge is -2.49. The van der Waals surface area contributed by atoms with E-state index in [1.807, 2.05) is 6.92 Å². The van der Waals surface area contributed by atoms with Gasteiger partial charge in [0.15, 0.2) is 0 Å². The van der Waals surface area contributed by atoms with Crippen LogP contribution >= 0.6 is 0 Å². The maximum absolute atomic E-state index is 10.9. The average molecular weight is 214 g/mol. The quantitative estimate of drug-likeness (QED) is 0.623. The second kappa shape index (κ2) is 3.01. The molecule has 0 bridgehead atoms. The van der Waals surface area contributed by atoms with Crippen LogP contribution in [0.1, 0.15) is 13.3 Å². The topological polar surface area (TPSA) is 81.1 Å². The molecular formula is C9H14N2O4. The van der Waals surface area contributed by atoms with Gasteiger partial charge in [0.1, 0.15) is 0 Å². The fourth-order valence-electron chi connectivity index (χ4n) is 2.61. The number of amides is 2. The van der Waals surface area contributed by atoms with Crippen LogP contribution in [-0.2, 0) is 0 Å². The van der Waals surface area contributed by atoms with Crippen molar-refractivity contribution in [1.82, 2.24) is 9.80 Å². The molecule has 2 fully saturated rings. The van der Waals surface area contributed by atoms with E-state index in [0.29, 0.717) is 19.6 Å². The maximum atomic E-state index is 10.9. The minimum absolute atomic E-state index is 0.0781. The molecule has 0 saturated carbocycles. The van der Waals surface area contributed by atoms with E-state index in [2.05, 4.69) is 0 Å². The molecule has 0 radical (unpaired) electrons. The lowest BCUT2D eigenvalue weighted by atomic mass is 9.74. The highest BCUT2D eigenvalue weighted by Crippen LogP contribution is 2.44. The molecule has 2 heterocycles. The smallest absolute Gasteiger partial charge is 0.407 e. The van der Waals surface area contributed by atoms with Crippen molar-refractivity contribution in [3.05, 3.63) is 0 Å². The van der Waals surface area contributed by atoms with Crippen LogP contribution in [0, 0.1) is 5.41 Å². The van der Waals surface area contributed by atoms with Gasteiger partial charge in [-0.15, -0.1) is 0 Å². The number of carboxylic acid groups (broad SMARTS) is 2. The second-order valence-corrected chi connectivity index (χ2v) is 4.40. The van der Waals surface area contributed by atoms with Crippen molar-refractivity contribution in [3.8, 4) is 0 Å². The highest BCUT2D eigenvalue weighted by molar-refractivity contribution is 5.68. The van der Waals surface area contributed by atoms with Gasteiger partial charge in [0, 0.05) is 31.1 Å². The zero-order chi connectivity index (χ0) is 11.2. The summed E-state index contributed by atoms with van der Waals surface area (Å²) in [5.74, 6) is 0. The number of hydrogen-bond donors (Lipinski definition) is 2. The third kappa shape index (κ3) is 1.32. The van der Waals surface area contributed by atoms with E-state index in [1.165, 1.54) is 9.80 Å². The van der Waals surface area contributed by atoms with Crippen molar-refractivity contribution >= 4 is 12.2 Å². The monoisotopic (exact) mass is 214 g/mol. The summed E-state index contributed by atoms with van der Waals surface area (Å²) in [5.41, 5.74) is -0.128. The Morgan fingerprint density at radius 2 is 1.87 bits per heavy atom. The van der Waals surface area contributed by atoms with E-state index in [-0.39, 0.29) is 11.5 Å². The molecule has 6 nitrogen and oxygen atoms in total. The maximum Gasteiger partial charge on any atom is 0.407 e. The Balaban J connectivity index is 2.03. The van der Waals surface area contributed by atoms with Gasteiger partial charge < -0.3 is 20.0 Å². The van der Waals surface area contributed by atoms with Gasteiger partial charge in [0.2, 0.25) is 0 Å².